The number of ether oxygens (including phenoxy) is 2. The Bertz CT molecular complexity index is 867. The second kappa shape index (κ2) is 8.94. The lowest BCUT2D eigenvalue weighted by Crippen LogP contribution is -2.47. The lowest BCUT2D eigenvalue weighted by molar-refractivity contribution is 0.00665. The summed E-state index contributed by atoms with van der Waals surface area (Å²) in [5.74, 6) is 0.500. The minimum Gasteiger partial charge on any atom is -0.381 e. The second-order valence-corrected chi connectivity index (χ2v) is 10.0. The molecule has 4 heterocycles. The normalized spacial score (nSPS) is 31.1. The van der Waals surface area contributed by atoms with Crippen molar-refractivity contribution in [2.75, 3.05) is 39.5 Å². The molecule has 0 aromatic carbocycles. The molecule has 1 aliphatic carbocycles. The highest BCUT2D eigenvalue weighted by molar-refractivity contribution is 7.20. The zero-order chi connectivity index (χ0) is 20.5. The molecule has 2 atom stereocenters. The molecule has 3 aliphatic rings. The van der Waals surface area contributed by atoms with Gasteiger partial charge in [-0.05, 0) is 38.2 Å². The van der Waals surface area contributed by atoms with Crippen LogP contribution >= 0.6 is 11.3 Å². The maximum Gasteiger partial charge on any atom is 0.261 e. The molecule has 8 heteroatoms. The largest absolute Gasteiger partial charge is 0.381 e. The quantitative estimate of drug-likeness (QED) is 0.804. The summed E-state index contributed by atoms with van der Waals surface area (Å²) in [4.78, 5) is 17.4. The Morgan fingerprint density at radius 2 is 1.93 bits per heavy atom. The van der Waals surface area contributed by atoms with E-state index in [0.717, 1.165) is 86.7 Å². The van der Waals surface area contributed by atoms with Crippen LogP contribution in [0.25, 0.3) is 10.2 Å². The van der Waals surface area contributed by atoms with Gasteiger partial charge in [0.25, 0.3) is 5.91 Å². The minimum atomic E-state index is 0.0672. The third-order valence-electron chi connectivity index (χ3n) is 7.00. The number of aromatic nitrogens is 2. The molecule has 1 N–H and O–H groups in total. The molecule has 2 saturated heterocycles. The molecule has 2 aromatic heterocycles. The number of fused-ring (bicyclic) bond motifs is 1. The van der Waals surface area contributed by atoms with Crippen LogP contribution < -0.4 is 5.32 Å². The van der Waals surface area contributed by atoms with Gasteiger partial charge in [-0.25, -0.2) is 0 Å². The highest BCUT2D eigenvalue weighted by Crippen LogP contribution is 2.33. The van der Waals surface area contributed by atoms with E-state index in [1.165, 1.54) is 0 Å². The van der Waals surface area contributed by atoms with Crippen LogP contribution in [-0.2, 0) is 9.47 Å². The fourth-order valence-electron chi connectivity index (χ4n) is 5.21. The van der Waals surface area contributed by atoms with Crippen molar-refractivity contribution < 1.29 is 14.3 Å². The Hall–Kier alpha value is -1.48. The summed E-state index contributed by atoms with van der Waals surface area (Å²) in [7, 11) is 0. The van der Waals surface area contributed by atoms with Gasteiger partial charge in [0.05, 0.1) is 36.9 Å². The summed E-state index contributed by atoms with van der Waals surface area (Å²) < 4.78 is 13.2. The lowest BCUT2D eigenvalue weighted by atomic mass is 9.90. The number of carbonyl (C=O) groups excluding carboxylic acids is 1. The fraction of sp³-hybridized carbons (Fsp3) is 0.727. The Morgan fingerprint density at radius 1 is 1.13 bits per heavy atom. The topological polar surface area (TPSA) is 68.6 Å². The van der Waals surface area contributed by atoms with E-state index >= 15 is 0 Å². The maximum absolute atomic E-state index is 12.9. The van der Waals surface area contributed by atoms with Crippen LogP contribution in [0.3, 0.4) is 0 Å². The van der Waals surface area contributed by atoms with Gasteiger partial charge in [0.2, 0.25) is 0 Å². The number of amides is 1. The monoisotopic (exact) mass is 432 g/mol. The van der Waals surface area contributed by atoms with E-state index in [-0.39, 0.29) is 11.9 Å². The van der Waals surface area contributed by atoms with Crippen LogP contribution in [0.1, 0.15) is 54.7 Å². The van der Waals surface area contributed by atoms with Crippen molar-refractivity contribution >= 4 is 27.5 Å². The van der Waals surface area contributed by atoms with Crippen LogP contribution in [0.15, 0.2) is 12.3 Å². The molecule has 0 bridgehead atoms. The molecule has 164 valence electrons. The molecule has 0 spiro atoms. The summed E-state index contributed by atoms with van der Waals surface area (Å²) in [5.41, 5.74) is 0. The third kappa shape index (κ3) is 4.15. The van der Waals surface area contributed by atoms with Gasteiger partial charge < -0.3 is 14.8 Å². The van der Waals surface area contributed by atoms with Gasteiger partial charge in [-0.1, -0.05) is 6.92 Å². The Kier molecular flexibility index (Phi) is 6.09. The first-order valence-corrected chi connectivity index (χ1v) is 12.2. The number of nitrogens with zero attached hydrogens (tertiary/aromatic N) is 3. The van der Waals surface area contributed by atoms with Crippen molar-refractivity contribution in [3.05, 3.63) is 17.1 Å². The minimum absolute atomic E-state index is 0.0672. The summed E-state index contributed by atoms with van der Waals surface area (Å²) >= 11 is 1.57. The molecule has 2 unspecified atom stereocenters. The van der Waals surface area contributed by atoms with Crippen molar-refractivity contribution in [1.29, 1.82) is 0 Å². The van der Waals surface area contributed by atoms with Crippen LogP contribution in [0, 0.1) is 5.92 Å². The molecule has 1 saturated carbocycles. The lowest BCUT2D eigenvalue weighted by Gasteiger charge is -2.38. The number of thiophene rings is 1. The highest BCUT2D eigenvalue weighted by Gasteiger charge is 2.29. The molecule has 2 aromatic rings. The molecular formula is C22H32N4O3S. The molecule has 5 rings (SSSR count). The molecule has 7 nitrogen and oxygen atoms in total. The first kappa shape index (κ1) is 20.4. The average Bonchev–Trinajstić information content (AvgIpc) is 3.37. The maximum atomic E-state index is 12.9. The van der Waals surface area contributed by atoms with E-state index in [4.69, 9.17) is 9.47 Å². The summed E-state index contributed by atoms with van der Waals surface area (Å²) in [5, 5.41) is 8.99. The van der Waals surface area contributed by atoms with E-state index in [1.54, 1.807) is 11.3 Å². The molecule has 3 fully saturated rings. The van der Waals surface area contributed by atoms with Gasteiger partial charge in [-0.3, -0.25) is 14.4 Å². The number of morpholine rings is 1. The Labute approximate surface area is 181 Å². The first-order valence-electron chi connectivity index (χ1n) is 11.4. The zero-order valence-corrected chi connectivity index (χ0v) is 18.5. The van der Waals surface area contributed by atoms with Crippen molar-refractivity contribution in [2.45, 2.75) is 57.2 Å². The van der Waals surface area contributed by atoms with Crippen molar-refractivity contribution in [3.63, 3.8) is 0 Å². The summed E-state index contributed by atoms with van der Waals surface area (Å²) in [6.07, 6.45) is 7.32. The summed E-state index contributed by atoms with van der Waals surface area (Å²) in [6.45, 7) is 7.57. The molecular weight excluding hydrogens is 400 g/mol. The Morgan fingerprint density at radius 3 is 2.70 bits per heavy atom. The van der Waals surface area contributed by atoms with Crippen molar-refractivity contribution in [3.8, 4) is 0 Å². The molecule has 2 aliphatic heterocycles. The van der Waals surface area contributed by atoms with E-state index in [1.807, 2.05) is 12.3 Å². The SMILES string of the molecule is CC1COCCC1n1ncc2cc(C(=O)NC3CCC(N4CCOCC4)CC3)sc21. The van der Waals surface area contributed by atoms with Gasteiger partial charge in [0.1, 0.15) is 4.83 Å². The second-order valence-electron chi connectivity index (χ2n) is 9.00. The predicted molar refractivity (Wildman–Crippen MR) is 117 cm³/mol. The zero-order valence-electron chi connectivity index (χ0n) is 17.7. The van der Waals surface area contributed by atoms with E-state index in [2.05, 4.69) is 26.9 Å². The van der Waals surface area contributed by atoms with Crippen molar-refractivity contribution in [2.24, 2.45) is 5.92 Å². The van der Waals surface area contributed by atoms with Gasteiger partial charge >= 0.3 is 0 Å². The van der Waals surface area contributed by atoms with Crippen LogP contribution in [-0.4, -0.2) is 72.2 Å². The molecule has 1 amide bonds. The summed E-state index contributed by atoms with van der Waals surface area (Å²) in [6, 6.07) is 3.29. The van der Waals surface area contributed by atoms with Gasteiger partial charge in [0, 0.05) is 43.1 Å². The Balaban J connectivity index is 1.20. The smallest absolute Gasteiger partial charge is 0.261 e. The molecule has 30 heavy (non-hydrogen) atoms. The highest BCUT2D eigenvalue weighted by atomic mass is 32.1. The number of carbonyl (C=O) groups is 1. The van der Waals surface area contributed by atoms with Gasteiger partial charge in [-0.2, -0.15) is 5.10 Å². The van der Waals surface area contributed by atoms with Crippen LogP contribution in [0.2, 0.25) is 0 Å². The fourth-order valence-corrected chi connectivity index (χ4v) is 6.26. The number of hydrogen-bond acceptors (Lipinski definition) is 6. The molecule has 0 radical (unpaired) electrons. The van der Waals surface area contributed by atoms with E-state index in [0.29, 0.717) is 18.0 Å². The van der Waals surface area contributed by atoms with Crippen LogP contribution in [0.5, 0.6) is 0 Å². The number of nitrogens with one attached hydrogen (secondary N) is 1. The third-order valence-corrected chi connectivity index (χ3v) is 8.14. The van der Waals surface area contributed by atoms with E-state index in [9.17, 15) is 4.79 Å². The van der Waals surface area contributed by atoms with Crippen molar-refractivity contribution in [1.82, 2.24) is 20.0 Å². The standard InChI is InChI=1S/C22H32N4O3S/c1-15-14-29-9-6-19(15)26-22-16(13-23-26)12-20(30-22)21(27)24-17-2-4-18(5-3-17)25-7-10-28-11-8-25/h12-13,15,17-19H,2-11,14H2,1H3,(H,24,27). The first-order chi connectivity index (χ1) is 14.7. The van der Waals surface area contributed by atoms with E-state index < -0.39 is 0 Å². The van der Waals surface area contributed by atoms with Gasteiger partial charge in [0.15, 0.2) is 0 Å². The number of rotatable bonds is 4. The average molecular weight is 433 g/mol. The predicted octanol–water partition coefficient (Wildman–Crippen LogP) is 3.07. The van der Waals surface area contributed by atoms with Gasteiger partial charge in [-0.15, -0.1) is 11.3 Å². The number of hydrogen-bond donors (Lipinski definition) is 1. The van der Waals surface area contributed by atoms with Crippen LogP contribution in [0.4, 0.5) is 0 Å².